The van der Waals surface area contributed by atoms with Gasteiger partial charge in [-0.05, 0) is 50.8 Å². The lowest BCUT2D eigenvalue weighted by Crippen LogP contribution is -2.39. The average molecular weight is 371 g/mol. The Morgan fingerprint density at radius 1 is 1.12 bits per heavy atom. The third-order valence-electron chi connectivity index (χ3n) is 4.83. The standard InChI is InChI=1S/C21H30N4S/c1-6-10-25(11-7-2)17-8-9-23-20-19(17)26-21(22,24-20)18-15(4)12-14(3)13-16(18)5/h8-9,12-13H,6-7,10-11,22H2,1-5H3,(H,23,24). The molecule has 4 nitrogen and oxygen atoms in total. The van der Waals surface area contributed by atoms with Gasteiger partial charge in [-0.2, -0.15) is 0 Å². The van der Waals surface area contributed by atoms with Crippen molar-refractivity contribution in [2.45, 2.75) is 57.4 Å². The van der Waals surface area contributed by atoms with Gasteiger partial charge in [0.25, 0.3) is 0 Å². The molecular formula is C21H30N4S. The summed E-state index contributed by atoms with van der Waals surface area (Å²) in [5, 5.41) is 3.51. The van der Waals surface area contributed by atoms with Crippen LogP contribution in [0.3, 0.4) is 0 Å². The SMILES string of the molecule is CCCN(CCC)c1ccnc2c1SC(N)(c1c(C)cc(C)cc1C)N2. The molecule has 0 bridgehead atoms. The number of hydrogen-bond acceptors (Lipinski definition) is 5. The lowest BCUT2D eigenvalue weighted by atomic mass is 9.97. The van der Waals surface area contributed by atoms with Crippen molar-refractivity contribution in [3.05, 3.63) is 46.6 Å². The summed E-state index contributed by atoms with van der Waals surface area (Å²) in [7, 11) is 0. The third kappa shape index (κ3) is 3.42. The highest BCUT2D eigenvalue weighted by Gasteiger charge is 2.40. The van der Waals surface area contributed by atoms with E-state index in [9.17, 15) is 0 Å². The Hall–Kier alpha value is -1.72. The number of pyridine rings is 1. The van der Waals surface area contributed by atoms with Crippen molar-refractivity contribution in [1.29, 1.82) is 0 Å². The number of aromatic nitrogens is 1. The van der Waals surface area contributed by atoms with E-state index in [1.807, 2.05) is 6.20 Å². The second-order valence-electron chi connectivity index (χ2n) is 7.23. The first-order valence-electron chi connectivity index (χ1n) is 9.48. The van der Waals surface area contributed by atoms with Crippen molar-refractivity contribution in [3.8, 4) is 0 Å². The van der Waals surface area contributed by atoms with Gasteiger partial charge < -0.3 is 10.2 Å². The quantitative estimate of drug-likeness (QED) is 0.756. The fraction of sp³-hybridized carbons (Fsp3) is 0.476. The van der Waals surface area contributed by atoms with Crippen molar-refractivity contribution in [2.75, 3.05) is 23.3 Å². The first-order chi connectivity index (χ1) is 12.4. The van der Waals surface area contributed by atoms with E-state index in [1.165, 1.54) is 22.4 Å². The molecule has 0 amide bonds. The van der Waals surface area contributed by atoms with Crippen molar-refractivity contribution < 1.29 is 0 Å². The Balaban J connectivity index is 2.02. The molecule has 1 aliphatic heterocycles. The Labute approximate surface area is 161 Å². The highest BCUT2D eigenvalue weighted by molar-refractivity contribution is 8.01. The van der Waals surface area contributed by atoms with Crippen LogP contribution in [0.4, 0.5) is 11.5 Å². The summed E-state index contributed by atoms with van der Waals surface area (Å²) < 4.78 is 0. The second kappa shape index (κ2) is 7.49. The second-order valence-corrected chi connectivity index (χ2v) is 8.49. The van der Waals surface area contributed by atoms with E-state index in [1.54, 1.807) is 11.8 Å². The van der Waals surface area contributed by atoms with Gasteiger partial charge in [0.05, 0.1) is 10.6 Å². The minimum absolute atomic E-state index is 0.683. The van der Waals surface area contributed by atoms with Crippen molar-refractivity contribution >= 4 is 23.3 Å². The van der Waals surface area contributed by atoms with Gasteiger partial charge in [0.15, 0.2) is 4.99 Å². The van der Waals surface area contributed by atoms with Gasteiger partial charge in [-0.15, -0.1) is 0 Å². The molecule has 1 atom stereocenters. The summed E-state index contributed by atoms with van der Waals surface area (Å²) in [5.41, 5.74) is 13.0. The van der Waals surface area contributed by atoms with Crippen LogP contribution in [-0.4, -0.2) is 18.1 Å². The van der Waals surface area contributed by atoms with E-state index in [0.29, 0.717) is 0 Å². The molecule has 1 aromatic carbocycles. The maximum Gasteiger partial charge on any atom is 0.167 e. The fourth-order valence-electron chi connectivity index (χ4n) is 4.01. The van der Waals surface area contributed by atoms with Gasteiger partial charge in [-0.25, -0.2) is 4.98 Å². The Morgan fingerprint density at radius 3 is 2.31 bits per heavy atom. The molecular weight excluding hydrogens is 340 g/mol. The summed E-state index contributed by atoms with van der Waals surface area (Å²) in [6, 6.07) is 6.54. The third-order valence-corrected chi connectivity index (χ3v) is 6.06. The Morgan fingerprint density at radius 2 is 1.73 bits per heavy atom. The van der Waals surface area contributed by atoms with Crippen LogP contribution in [0.15, 0.2) is 29.3 Å². The number of thioether (sulfide) groups is 1. The van der Waals surface area contributed by atoms with Crippen LogP contribution in [0.5, 0.6) is 0 Å². The summed E-state index contributed by atoms with van der Waals surface area (Å²) in [6.07, 6.45) is 4.14. The minimum atomic E-state index is -0.683. The zero-order valence-corrected chi connectivity index (χ0v) is 17.3. The van der Waals surface area contributed by atoms with Crippen molar-refractivity contribution in [2.24, 2.45) is 5.73 Å². The number of hydrogen-bond donors (Lipinski definition) is 2. The van der Waals surface area contributed by atoms with Crippen LogP contribution in [0.2, 0.25) is 0 Å². The molecule has 1 aromatic heterocycles. The fourth-order valence-corrected chi connectivity index (χ4v) is 5.41. The molecule has 0 spiro atoms. The van der Waals surface area contributed by atoms with Crippen LogP contribution < -0.4 is 16.0 Å². The molecule has 2 heterocycles. The number of nitrogens with one attached hydrogen (secondary N) is 1. The van der Waals surface area contributed by atoms with E-state index < -0.39 is 4.99 Å². The highest BCUT2D eigenvalue weighted by Crippen LogP contribution is 2.52. The molecule has 5 heteroatoms. The molecule has 3 rings (SSSR count). The molecule has 1 aliphatic rings. The molecule has 2 aromatic rings. The summed E-state index contributed by atoms with van der Waals surface area (Å²) >= 11 is 1.69. The molecule has 0 fully saturated rings. The minimum Gasteiger partial charge on any atom is -0.370 e. The number of nitrogens with zero attached hydrogens (tertiary/aromatic N) is 2. The van der Waals surface area contributed by atoms with Gasteiger partial charge in [0.2, 0.25) is 0 Å². The Bertz CT molecular complexity index is 776. The average Bonchev–Trinajstić information content (AvgIpc) is 2.90. The maximum absolute atomic E-state index is 6.89. The van der Waals surface area contributed by atoms with E-state index in [4.69, 9.17) is 5.73 Å². The highest BCUT2D eigenvalue weighted by atomic mass is 32.2. The van der Waals surface area contributed by atoms with E-state index >= 15 is 0 Å². The molecule has 0 saturated carbocycles. The van der Waals surface area contributed by atoms with E-state index in [-0.39, 0.29) is 0 Å². The molecule has 0 radical (unpaired) electrons. The molecule has 0 saturated heterocycles. The smallest absolute Gasteiger partial charge is 0.167 e. The van der Waals surface area contributed by atoms with Gasteiger partial charge in [-0.1, -0.05) is 43.3 Å². The first kappa shape index (κ1) is 19.1. The largest absolute Gasteiger partial charge is 0.370 e. The predicted molar refractivity (Wildman–Crippen MR) is 113 cm³/mol. The lowest BCUT2D eigenvalue weighted by molar-refractivity contribution is 0.738. The molecule has 140 valence electrons. The van der Waals surface area contributed by atoms with Crippen LogP contribution in [0, 0.1) is 20.8 Å². The maximum atomic E-state index is 6.89. The van der Waals surface area contributed by atoms with Gasteiger partial charge in [-0.3, -0.25) is 5.73 Å². The summed E-state index contributed by atoms with van der Waals surface area (Å²) in [6.45, 7) is 13.0. The van der Waals surface area contributed by atoms with Crippen molar-refractivity contribution in [1.82, 2.24) is 4.98 Å². The monoisotopic (exact) mass is 370 g/mol. The van der Waals surface area contributed by atoms with E-state index in [2.05, 4.69) is 68.0 Å². The lowest BCUT2D eigenvalue weighted by Gasteiger charge is -2.29. The summed E-state index contributed by atoms with van der Waals surface area (Å²) in [5.74, 6) is 0.895. The van der Waals surface area contributed by atoms with E-state index in [0.717, 1.165) is 42.2 Å². The van der Waals surface area contributed by atoms with Gasteiger partial charge >= 0.3 is 0 Å². The zero-order valence-electron chi connectivity index (χ0n) is 16.5. The zero-order chi connectivity index (χ0) is 18.9. The molecule has 26 heavy (non-hydrogen) atoms. The molecule has 1 unspecified atom stereocenters. The van der Waals surface area contributed by atoms with Gasteiger partial charge in [0.1, 0.15) is 5.82 Å². The molecule has 3 N–H and O–H groups in total. The number of rotatable bonds is 6. The number of fused-ring (bicyclic) bond motifs is 1. The van der Waals surface area contributed by atoms with Crippen LogP contribution in [0.25, 0.3) is 0 Å². The summed E-state index contributed by atoms with van der Waals surface area (Å²) in [4.78, 5) is 7.52. The topological polar surface area (TPSA) is 54.2 Å². The van der Waals surface area contributed by atoms with Crippen LogP contribution in [0.1, 0.15) is 48.9 Å². The van der Waals surface area contributed by atoms with Crippen LogP contribution in [-0.2, 0) is 4.99 Å². The number of benzene rings is 1. The first-order valence-corrected chi connectivity index (χ1v) is 10.3. The normalized spacial score (nSPS) is 18.5. The number of aryl methyl sites for hydroxylation is 3. The van der Waals surface area contributed by atoms with Gasteiger partial charge in [0, 0.05) is 24.8 Å². The molecule has 0 aliphatic carbocycles. The van der Waals surface area contributed by atoms with Crippen LogP contribution >= 0.6 is 11.8 Å². The predicted octanol–water partition coefficient (Wildman–Crippen LogP) is 4.92. The van der Waals surface area contributed by atoms with Crippen molar-refractivity contribution in [3.63, 3.8) is 0 Å². The number of nitrogens with two attached hydrogens (primary N) is 1. The Kier molecular flexibility index (Phi) is 5.49. The number of anilines is 2.